The molecule has 1 rings (SSSR count). The maximum atomic E-state index is 12.7. The molecule has 4 atom stereocenters. The zero-order valence-electron chi connectivity index (χ0n) is 36.4. The number of esters is 2. The molecule has 1 aromatic rings. The number of aromatic nitrogens is 1. The molecule has 0 spiro atoms. The van der Waals surface area contributed by atoms with Gasteiger partial charge >= 0.3 is 11.9 Å². The van der Waals surface area contributed by atoms with E-state index < -0.39 is 36.4 Å². The highest BCUT2D eigenvalue weighted by atomic mass is 16.5. The largest absolute Gasteiger partial charge is 0.478 e. The van der Waals surface area contributed by atoms with E-state index in [1.165, 1.54) is 14.2 Å². The first-order chi connectivity index (χ1) is 27.4. The second kappa shape index (κ2) is 28.8. The van der Waals surface area contributed by atoms with Gasteiger partial charge in [-0.1, -0.05) is 61.5 Å². The molecule has 0 fully saturated rings. The van der Waals surface area contributed by atoms with Gasteiger partial charge in [0.15, 0.2) is 0 Å². The zero-order valence-corrected chi connectivity index (χ0v) is 36.4. The number of carbonyl (C=O) groups excluding carboxylic acids is 6. The summed E-state index contributed by atoms with van der Waals surface area (Å²) >= 11 is 0. The number of amides is 4. The number of carbonyl (C=O) groups is 6. The van der Waals surface area contributed by atoms with Gasteiger partial charge in [-0.2, -0.15) is 4.98 Å². The third-order valence-corrected chi connectivity index (χ3v) is 8.46. The molecule has 0 saturated carbocycles. The summed E-state index contributed by atoms with van der Waals surface area (Å²) in [4.78, 5) is 79.1. The molecule has 2 unspecified atom stereocenters. The summed E-state index contributed by atoms with van der Waals surface area (Å²) < 4.78 is 21.2. The van der Waals surface area contributed by atoms with Crippen LogP contribution >= 0.6 is 0 Å². The van der Waals surface area contributed by atoms with Gasteiger partial charge in [0.25, 0.3) is 0 Å². The van der Waals surface area contributed by atoms with E-state index in [0.717, 1.165) is 0 Å². The molecule has 4 amide bonds. The Labute approximate surface area is 345 Å². The van der Waals surface area contributed by atoms with Gasteiger partial charge in [-0.15, -0.1) is 0 Å². The molecule has 0 bridgehead atoms. The van der Waals surface area contributed by atoms with Crippen molar-refractivity contribution >= 4 is 35.6 Å². The Kier molecular flexibility index (Phi) is 25.6. The van der Waals surface area contributed by atoms with Crippen LogP contribution in [-0.2, 0) is 38.2 Å². The van der Waals surface area contributed by atoms with E-state index in [0.29, 0.717) is 50.3 Å². The van der Waals surface area contributed by atoms with Gasteiger partial charge in [-0.25, -0.2) is 0 Å². The molecule has 17 heteroatoms. The van der Waals surface area contributed by atoms with E-state index >= 15 is 0 Å². The minimum Gasteiger partial charge on any atom is -0.478 e. The van der Waals surface area contributed by atoms with Crippen LogP contribution in [0.4, 0.5) is 0 Å². The van der Waals surface area contributed by atoms with Crippen molar-refractivity contribution < 1.29 is 47.7 Å². The average molecular weight is 822 g/mol. The van der Waals surface area contributed by atoms with E-state index in [1.807, 2.05) is 55.4 Å². The topological polar surface area (TPSA) is 224 Å². The lowest BCUT2D eigenvalue weighted by atomic mass is 10.0. The Hall–Kier alpha value is -4.51. The van der Waals surface area contributed by atoms with Gasteiger partial charge < -0.3 is 40.2 Å². The predicted molar refractivity (Wildman–Crippen MR) is 219 cm³/mol. The summed E-state index contributed by atoms with van der Waals surface area (Å²) in [6, 6.07) is 3.89. The highest BCUT2D eigenvalue weighted by molar-refractivity contribution is 5.85. The lowest BCUT2D eigenvalue weighted by molar-refractivity contribution is -0.144. The maximum Gasteiger partial charge on any atom is 0.322 e. The summed E-state index contributed by atoms with van der Waals surface area (Å²) in [5.74, 6) is -0.618. The standard InChI is InChI=1S/C41H71N7O10/c1-26(2)20-30(40(53)55-9)44-32(22-28(5)6)46-36(51)24-42-34(49)14-12-18-57-38-16-11-17-39(48-38)58-19-13-15-35(50)43-25-37(52)47-33(23-29(7)8)45-31(21-27(3)4)41(54)56-10/h11,16-17,26-33,44-45H,12-15,18-25H2,1-10H3,(H,42,49)(H,43,50)(H,46,51)(H,47,52)/t30-,31-,32?,33?/m0/s1. The smallest absolute Gasteiger partial charge is 0.322 e. The van der Waals surface area contributed by atoms with Crippen molar-refractivity contribution in [3.05, 3.63) is 18.2 Å². The Morgan fingerprint density at radius 3 is 1.24 bits per heavy atom. The molecule has 0 aliphatic carbocycles. The first kappa shape index (κ1) is 51.5. The molecule has 0 aromatic carbocycles. The maximum absolute atomic E-state index is 12.7. The molecule has 17 nitrogen and oxygen atoms in total. The summed E-state index contributed by atoms with van der Waals surface area (Å²) in [5, 5.41) is 17.4. The third kappa shape index (κ3) is 24.3. The van der Waals surface area contributed by atoms with Gasteiger partial charge in [0.1, 0.15) is 12.1 Å². The summed E-state index contributed by atoms with van der Waals surface area (Å²) in [7, 11) is 2.67. The number of hydrogen-bond donors (Lipinski definition) is 6. The average Bonchev–Trinajstić information content (AvgIpc) is 3.14. The lowest BCUT2D eigenvalue weighted by Gasteiger charge is -2.27. The highest BCUT2D eigenvalue weighted by Gasteiger charge is 2.27. The molecule has 0 aliphatic rings. The molecule has 330 valence electrons. The molecule has 0 saturated heterocycles. The third-order valence-electron chi connectivity index (χ3n) is 8.46. The van der Waals surface area contributed by atoms with Crippen molar-refractivity contribution in [1.29, 1.82) is 0 Å². The fourth-order valence-corrected chi connectivity index (χ4v) is 5.86. The quantitative estimate of drug-likeness (QED) is 0.0374. The molecular formula is C41H71N7O10. The fourth-order valence-electron chi connectivity index (χ4n) is 5.86. The van der Waals surface area contributed by atoms with Crippen LogP contribution in [0, 0.1) is 23.7 Å². The zero-order chi connectivity index (χ0) is 43.6. The van der Waals surface area contributed by atoms with Crippen molar-refractivity contribution in [2.24, 2.45) is 23.7 Å². The fraction of sp³-hybridized carbons (Fsp3) is 0.732. The van der Waals surface area contributed by atoms with Gasteiger partial charge in [0.05, 0.1) is 52.9 Å². The molecule has 6 N–H and O–H groups in total. The van der Waals surface area contributed by atoms with Gasteiger partial charge in [0.2, 0.25) is 35.4 Å². The van der Waals surface area contributed by atoms with Crippen molar-refractivity contribution in [3.63, 3.8) is 0 Å². The van der Waals surface area contributed by atoms with Crippen LogP contribution in [0.2, 0.25) is 0 Å². The predicted octanol–water partition coefficient (Wildman–Crippen LogP) is 2.96. The van der Waals surface area contributed by atoms with Crippen LogP contribution in [0.1, 0.15) is 107 Å². The Morgan fingerprint density at radius 1 is 0.552 bits per heavy atom. The van der Waals surface area contributed by atoms with E-state index in [1.54, 1.807) is 18.2 Å². The van der Waals surface area contributed by atoms with Crippen LogP contribution in [0.5, 0.6) is 11.8 Å². The van der Waals surface area contributed by atoms with Crippen molar-refractivity contribution in [3.8, 4) is 11.8 Å². The van der Waals surface area contributed by atoms with Gasteiger partial charge in [0, 0.05) is 25.0 Å². The number of ether oxygens (including phenoxy) is 4. The van der Waals surface area contributed by atoms with Crippen molar-refractivity contribution in [2.45, 2.75) is 131 Å². The minimum atomic E-state index is -0.570. The van der Waals surface area contributed by atoms with Crippen LogP contribution in [0.15, 0.2) is 18.2 Å². The number of rotatable bonds is 30. The van der Waals surface area contributed by atoms with E-state index in [-0.39, 0.29) is 86.4 Å². The second-order valence-electron chi connectivity index (χ2n) is 16.0. The molecule has 0 aliphatic heterocycles. The molecular weight excluding hydrogens is 750 g/mol. The van der Waals surface area contributed by atoms with Crippen LogP contribution < -0.4 is 41.4 Å². The molecule has 1 aromatic heterocycles. The normalized spacial score (nSPS) is 13.3. The van der Waals surface area contributed by atoms with Crippen LogP contribution in [-0.4, -0.2) is 105 Å². The molecule has 58 heavy (non-hydrogen) atoms. The first-order valence-electron chi connectivity index (χ1n) is 20.4. The number of pyridine rings is 1. The summed E-state index contributed by atoms with van der Waals surface area (Å²) in [5.41, 5.74) is 0. The van der Waals surface area contributed by atoms with E-state index in [2.05, 4.69) is 36.9 Å². The van der Waals surface area contributed by atoms with Crippen LogP contribution in [0.3, 0.4) is 0 Å². The van der Waals surface area contributed by atoms with E-state index in [4.69, 9.17) is 18.9 Å². The second-order valence-corrected chi connectivity index (χ2v) is 16.0. The number of nitrogens with one attached hydrogen (secondary N) is 6. The Bertz CT molecular complexity index is 1310. The lowest BCUT2D eigenvalue weighted by Crippen LogP contribution is -2.54. The summed E-state index contributed by atoms with van der Waals surface area (Å²) in [6.45, 7) is 16.0. The van der Waals surface area contributed by atoms with Gasteiger partial charge in [-0.05, 0) is 62.2 Å². The van der Waals surface area contributed by atoms with E-state index in [9.17, 15) is 28.8 Å². The SMILES string of the molecule is COC(=O)[C@H](CC(C)C)NC(CC(C)C)NC(=O)CNC(=O)CCCOc1cccc(OCCCC(=O)NCC(=O)NC(CC(C)C)N[C@@H](CC(C)C)C(=O)OC)n1. The molecule has 1 heterocycles. The Balaban J connectivity index is 2.43. The van der Waals surface area contributed by atoms with Crippen molar-refractivity contribution in [2.75, 3.05) is 40.5 Å². The minimum absolute atomic E-state index is 0.128. The Morgan fingerprint density at radius 2 is 0.914 bits per heavy atom. The summed E-state index contributed by atoms with van der Waals surface area (Å²) in [6.07, 6.45) is 2.33. The first-order valence-corrected chi connectivity index (χ1v) is 20.4. The number of methoxy groups -OCH3 is 2. The molecule has 0 radical (unpaired) electrons. The highest BCUT2D eigenvalue weighted by Crippen LogP contribution is 2.15. The van der Waals surface area contributed by atoms with Crippen molar-refractivity contribution in [1.82, 2.24) is 36.9 Å². The number of hydrogen-bond acceptors (Lipinski definition) is 13. The number of nitrogens with zero attached hydrogens (tertiary/aromatic N) is 1. The van der Waals surface area contributed by atoms with Gasteiger partial charge in [-0.3, -0.25) is 39.4 Å². The van der Waals surface area contributed by atoms with Crippen LogP contribution in [0.25, 0.3) is 0 Å². The monoisotopic (exact) mass is 822 g/mol.